The molecule has 0 aliphatic carbocycles. The zero-order valence-electron chi connectivity index (χ0n) is 16.9. The minimum Gasteiger partial charge on any atom is -0.337 e. The Balaban J connectivity index is 1.67. The van der Waals surface area contributed by atoms with Gasteiger partial charge >= 0.3 is 0 Å². The number of nitrogens with zero attached hydrogens (tertiary/aromatic N) is 4. The smallest absolute Gasteiger partial charge is 0.257 e. The molecular weight excluding hydrogens is 352 g/mol. The number of benzene rings is 1. The van der Waals surface area contributed by atoms with Crippen LogP contribution in [0.5, 0.6) is 0 Å². The van der Waals surface area contributed by atoms with Gasteiger partial charge in [-0.3, -0.25) is 9.59 Å². The molecule has 0 radical (unpaired) electrons. The average molecular weight is 378 g/mol. The van der Waals surface area contributed by atoms with Crippen LogP contribution >= 0.6 is 0 Å². The summed E-state index contributed by atoms with van der Waals surface area (Å²) >= 11 is 0. The number of para-hydroxylation sites is 1. The number of fused-ring (bicyclic) bond motifs is 2. The lowest BCUT2D eigenvalue weighted by Gasteiger charge is -2.39. The number of aromatic nitrogens is 2. The van der Waals surface area contributed by atoms with Crippen molar-refractivity contribution in [3.8, 4) is 0 Å². The average Bonchev–Trinajstić information content (AvgIpc) is 2.90. The SMILES string of the molecule is Cc1nc(C(C)C)ncc1C(=O)N1CCC[C@@]2(C1)C(=O)N(C)c1ccccc12. The Hall–Kier alpha value is -2.76. The van der Waals surface area contributed by atoms with E-state index >= 15 is 0 Å². The van der Waals surface area contributed by atoms with Crippen molar-refractivity contribution in [1.82, 2.24) is 14.9 Å². The van der Waals surface area contributed by atoms with E-state index in [-0.39, 0.29) is 17.7 Å². The number of hydrogen-bond acceptors (Lipinski definition) is 4. The van der Waals surface area contributed by atoms with Gasteiger partial charge in [-0.1, -0.05) is 32.0 Å². The third-order valence-electron chi connectivity index (χ3n) is 6.02. The number of likely N-dealkylation sites (N-methyl/N-ethyl adjacent to an activating group) is 1. The summed E-state index contributed by atoms with van der Waals surface area (Å²) in [4.78, 5) is 38.9. The van der Waals surface area contributed by atoms with Crippen LogP contribution in [-0.2, 0) is 10.2 Å². The normalized spacial score (nSPS) is 21.5. The number of anilines is 1. The monoisotopic (exact) mass is 378 g/mol. The predicted molar refractivity (Wildman–Crippen MR) is 108 cm³/mol. The molecule has 28 heavy (non-hydrogen) atoms. The van der Waals surface area contributed by atoms with Gasteiger partial charge in [-0.25, -0.2) is 9.97 Å². The van der Waals surface area contributed by atoms with Gasteiger partial charge in [0, 0.05) is 37.9 Å². The van der Waals surface area contributed by atoms with E-state index in [4.69, 9.17) is 0 Å². The van der Waals surface area contributed by atoms with Crippen molar-refractivity contribution in [2.75, 3.05) is 25.0 Å². The number of likely N-dealkylation sites (tertiary alicyclic amines) is 1. The second-order valence-electron chi connectivity index (χ2n) is 8.18. The fourth-order valence-corrected chi connectivity index (χ4v) is 4.48. The van der Waals surface area contributed by atoms with E-state index in [2.05, 4.69) is 9.97 Å². The van der Waals surface area contributed by atoms with Gasteiger partial charge < -0.3 is 9.80 Å². The van der Waals surface area contributed by atoms with Gasteiger partial charge in [-0.2, -0.15) is 0 Å². The molecule has 1 fully saturated rings. The van der Waals surface area contributed by atoms with Gasteiger partial charge in [0.1, 0.15) is 5.82 Å². The number of rotatable bonds is 2. The highest BCUT2D eigenvalue weighted by Crippen LogP contribution is 2.46. The van der Waals surface area contributed by atoms with Gasteiger partial charge in [0.25, 0.3) is 5.91 Å². The van der Waals surface area contributed by atoms with Crippen LogP contribution in [0.4, 0.5) is 5.69 Å². The second-order valence-corrected chi connectivity index (χ2v) is 8.18. The molecule has 1 atom stereocenters. The van der Waals surface area contributed by atoms with Gasteiger partial charge in [0.2, 0.25) is 5.91 Å². The first-order valence-electron chi connectivity index (χ1n) is 9.85. The molecule has 2 amide bonds. The molecule has 1 aromatic heterocycles. The largest absolute Gasteiger partial charge is 0.337 e. The van der Waals surface area contributed by atoms with E-state index in [0.717, 1.165) is 29.9 Å². The van der Waals surface area contributed by atoms with E-state index in [1.54, 1.807) is 16.0 Å². The van der Waals surface area contributed by atoms with Crippen molar-refractivity contribution >= 4 is 17.5 Å². The molecule has 0 saturated carbocycles. The van der Waals surface area contributed by atoms with Gasteiger partial charge in [-0.15, -0.1) is 0 Å². The van der Waals surface area contributed by atoms with Crippen molar-refractivity contribution < 1.29 is 9.59 Å². The Labute approximate surface area is 165 Å². The number of hydrogen-bond donors (Lipinski definition) is 0. The zero-order chi connectivity index (χ0) is 20.1. The molecule has 6 heteroatoms. The molecule has 0 bridgehead atoms. The quantitative estimate of drug-likeness (QED) is 0.806. The molecular formula is C22H26N4O2. The first-order chi connectivity index (χ1) is 13.3. The van der Waals surface area contributed by atoms with Crippen LogP contribution in [0.15, 0.2) is 30.5 Å². The van der Waals surface area contributed by atoms with Crippen LogP contribution < -0.4 is 4.90 Å². The molecule has 4 rings (SSSR count). The molecule has 1 aromatic carbocycles. The summed E-state index contributed by atoms with van der Waals surface area (Å²) in [6.07, 6.45) is 3.19. The summed E-state index contributed by atoms with van der Waals surface area (Å²) in [5.41, 5.74) is 2.55. The molecule has 1 saturated heterocycles. The highest BCUT2D eigenvalue weighted by Gasteiger charge is 2.52. The fourth-order valence-electron chi connectivity index (χ4n) is 4.48. The van der Waals surface area contributed by atoms with Crippen molar-refractivity contribution in [1.29, 1.82) is 0 Å². The molecule has 0 N–H and O–H groups in total. The number of aryl methyl sites for hydroxylation is 1. The number of amides is 2. The van der Waals surface area contributed by atoms with Crippen LogP contribution in [0, 0.1) is 6.92 Å². The Morgan fingerprint density at radius 3 is 2.71 bits per heavy atom. The molecule has 146 valence electrons. The zero-order valence-corrected chi connectivity index (χ0v) is 16.9. The standard InChI is InChI=1S/C22H26N4O2/c1-14(2)19-23-12-16(15(3)24-19)20(27)26-11-7-10-22(13-26)17-8-5-6-9-18(17)25(4)21(22)28/h5-6,8-9,12,14H,7,10-11,13H2,1-4H3/t22-/m0/s1. The van der Waals surface area contributed by atoms with Crippen LogP contribution in [0.25, 0.3) is 0 Å². The van der Waals surface area contributed by atoms with Gasteiger partial charge in [-0.05, 0) is 31.4 Å². The fraction of sp³-hybridized carbons (Fsp3) is 0.455. The second kappa shape index (κ2) is 6.69. The maximum absolute atomic E-state index is 13.3. The lowest BCUT2D eigenvalue weighted by atomic mass is 9.75. The first kappa shape index (κ1) is 18.6. The molecule has 2 aromatic rings. The molecule has 1 spiro atoms. The molecule has 0 unspecified atom stereocenters. The highest BCUT2D eigenvalue weighted by atomic mass is 16.2. The minimum absolute atomic E-state index is 0.0781. The minimum atomic E-state index is -0.647. The number of carbonyl (C=O) groups is 2. The summed E-state index contributed by atoms with van der Waals surface area (Å²) in [5.74, 6) is 0.941. The lowest BCUT2D eigenvalue weighted by Crippen LogP contribution is -2.53. The number of carbonyl (C=O) groups excluding carboxylic acids is 2. The topological polar surface area (TPSA) is 66.4 Å². The summed E-state index contributed by atoms with van der Waals surface area (Å²) in [7, 11) is 1.82. The van der Waals surface area contributed by atoms with Crippen LogP contribution in [-0.4, -0.2) is 46.8 Å². The summed E-state index contributed by atoms with van der Waals surface area (Å²) < 4.78 is 0. The predicted octanol–water partition coefficient (Wildman–Crippen LogP) is 3.06. The summed E-state index contributed by atoms with van der Waals surface area (Å²) in [6, 6.07) is 7.92. The first-order valence-corrected chi connectivity index (χ1v) is 9.85. The van der Waals surface area contributed by atoms with Crippen molar-refractivity contribution in [2.45, 2.75) is 44.9 Å². The Bertz CT molecular complexity index is 955. The van der Waals surface area contributed by atoms with E-state index < -0.39 is 5.41 Å². The molecule has 3 heterocycles. The third-order valence-corrected chi connectivity index (χ3v) is 6.02. The molecule has 2 aliphatic rings. The van der Waals surface area contributed by atoms with E-state index in [1.165, 1.54) is 0 Å². The summed E-state index contributed by atoms with van der Waals surface area (Å²) in [5, 5.41) is 0. The van der Waals surface area contributed by atoms with Gasteiger partial charge in [0.05, 0.1) is 16.7 Å². The van der Waals surface area contributed by atoms with Crippen LogP contribution in [0.3, 0.4) is 0 Å². The van der Waals surface area contributed by atoms with Gasteiger partial charge in [0.15, 0.2) is 0 Å². The number of piperidine rings is 1. The maximum Gasteiger partial charge on any atom is 0.257 e. The van der Waals surface area contributed by atoms with E-state index in [0.29, 0.717) is 24.3 Å². The van der Waals surface area contributed by atoms with E-state index in [9.17, 15) is 9.59 Å². The summed E-state index contributed by atoms with van der Waals surface area (Å²) in [6.45, 7) is 6.96. The molecule has 2 aliphatic heterocycles. The van der Waals surface area contributed by atoms with Crippen LogP contribution in [0.2, 0.25) is 0 Å². The van der Waals surface area contributed by atoms with Crippen molar-refractivity contribution in [2.24, 2.45) is 0 Å². The maximum atomic E-state index is 13.3. The van der Waals surface area contributed by atoms with Crippen molar-refractivity contribution in [3.63, 3.8) is 0 Å². The van der Waals surface area contributed by atoms with E-state index in [1.807, 2.05) is 52.1 Å². The Morgan fingerprint density at radius 2 is 2.00 bits per heavy atom. The van der Waals surface area contributed by atoms with Crippen LogP contribution in [0.1, 0.15) is 60.0 Å². The Morgan fingerprint density at radius 1 is 1.25 bits per heavy atom. The lowest BCUT2D eigenvalue weighted by molar-refractivity contribution is -0.124. The highest BCUT2D eigenvalue weighted by molar-refractivity contribution is 6.08. The van der Waals surface area contributed by atoms with Crippen molar-refractivity contribution in [3.05, 3.63) is 53.1 Å². The Kier molecular flexibility index (Phi) is 4.44. The molecule has 6 nitrogen and oxygen atoms in total. The third kappa shape index (κ3) is 2.70.